The largest absolute Gasteiger partial charge is 0.443 e. The Bertz CT molecular complexity index is 927. The number of hydrogen-bond donors (Lipinski definition) is 2. The topological polar surface area (TPSA) is 62.5 Å². The number of nitrogens with zero attached hydrogens (tertiary/aromatic N) is 2. The van der Waals surface area contributed by atoms with E-state index in [9.17, 15) is 0 Å². The van der Waals surface area contributed by atoms with Crippen molar-refractivity contribution < 1.29 is 4.42 Å². The van der Waals surface area contributed by atoms with Gasteiger partial charge in [0, 0.05) is 19.0 Å². The van der Waals surface area contributed by atoms with E-state index in [0.29, 0.717) is 12.4 Å². The van der Waals surface area contributed by atoms with Crippen molar-refractivity contribution in [3.63, 3.8) is 0 Å². The first-order valence-corrected chi connectivity index (χ1v) is 9.33. The van der Waals surface area contributed by atoms with Gasteiger partial charge in [-0.3, -0.25) is 4.99 Å². The van der Waals surface area contributed by atoms with Gasteiger partial charge in [-0.1, -0.05) is 63.2 Å². The smallest absolute Gasteiger partial charge is 0.213 e. The minimum atomic E-state index is -0.0367. The maximum atomic E-state index is 5.80. The Balaban J connectivity index is 0.00000280. The van der Waals surface area contributed by atoms with Gasteiger partial charge in [0.05, 0.1) is 12.7 Å². The molecular weight excluding hydrogens is 463 g/mol. The number of nitrogens with one attached hydrogen (secondary N) is 2. The zero-order valence-corrected chi connectivity index (χ0v) is 19.3. The molecule has 1 aromatic heterocycles. The average Bonchev–Trinajstić information content (AvgIpc) is 3.14. The van der Waals surface area contributed by atoms with Crippen molar-refractivity contribution in [1.82, 2.24) is 15.6 Å². The Morgan fingerprint density at radius 2 is 1.82 bits per heavy atom. The van der Waals surface area contributed by atoms with Crippen LogP contribution in [-0.2, 0) is 18.4 Å². The molecule has 2 aromatic carbocycles. The number of guanidine groups is 1. The van der Waals surface area contributed by atoms with E-state index >= 15 is 0 Å². The standard InChI is InChI=1S/C22H28N4O.HI/c1-22(2,3)19-14-25-20(27-19)15-26-21(23-4)24-12-11-16-9-10-17-7-5-6-8-18(17)13-16;/h5-10,13-14H,11-12,15H2,1-4H3,(H2,23,24,26);1H. The summed E-state index contributed by atoms with van der Waals surface area (Å²) >= 11 is 0. The second kappa shape index (κ2) is 9.91. The number of benzene rings is 2. The fraction of sp³-hybridized carbons (Fsp3) is 0.364. The third-order valence-corrected chi connectivity index (χ3v) is 4.44. The fourth-order valence-electron chi connectivity index (χ4n) is 2.84. The molecule has 0 unspecified atom stereocenters. The molecule has 0 atom stereocenters. The number of oxazole rings is 1. The van der Waals surface area contributed by atoms with Gasteiger partial charge in [-0.25, -0.2) is 4.98 Å². The van der Waals surface area contributed by atoms with Crippen LogP contribution >= 0.6 is 24.0 Å². The maximum Gasteiger partial charge on any atom is 0.213 e. The molecule has 0 aliphatic carbocycles. The van der Waals surface area contributed by atoms with Crippen LogP contribution in [0.25, 0.3) is 10.8 Å². The molecule has 0 aliphatic rings. The van der Waals surface area contributed by atoms with Crippen molar-refractivity contribution in [2.75, 3.05) is 13.6 Å². The highest BCUT2D eigenvalue weighted by Gasteiger charge is 2.19. The van der Waals surface area contributed by atoms with E-state index in [1.807, 2.05) is 0 Å². The van der Waals surface area contributed by atoms with Crippen molar-refractivity contribution in [3.05, 3.63) is 65.9 Å². The minimum absolute atomic E-state index is 0. The van der Waals surface area contributed by atoms with Crippen molar-refractivity contribution in [3.8, 4) is 0 Å². The van der Waals surface area contributed by atoms with Crippen molar-refractivity contribution >= 4 is 40.7 Å². The van der Waals surface area contributed by atoms with Crippen LogP contribution in [0.1, 0.15) is 38.0 Å². The Morgan fingerprint density at radius 1 is 1.07 bits per heavy atom. The molecule has 0 spiro atoms. The fourth-order valence-corrected chi connectivity index (χ4v) is 2.84. The monoisotopic (exact) mass is 492 g/mol. The van der Waals surface area contributed by atoms with Crippen LogP contribution in [0.3, 0.4) is 0 Å². The third-order valence-electron chi connectivity index (χ3n) is 4.44. The molecular formula is C22H29IN4O. The number of rotatable bonds is 5. The maximum absolute atomic E-state index is 5.80. The molecule has 0 fully saturated rings. The van der Waals surface area contributed by atoms with Crippen LogP contribution in [0.2, 0.25) is 0 Å². The first-order valence-electron chi connectivity index (χ1n) is 9.33. The first kappa shape index (κ1) is 22.2. The lowest BCUT2D eigenvalue weighted by Crippen LogP contribution is -2.37. The molecule has 0 saturated heterocycles. The molecule has 150 valence electrons. The summed E-state index contributed by atoms with van der Waals surface area (Å²) in [7, 11) is 1.77. The van der Waals surface area contributed by atoms with E-state index in [2.05, 4.69) is 83.8 Å². The van der Waals surface area contributed by atoms with Gasteiger partial charge in [0.2, 0.25) is 5.89 Å². The van der Waals surface area contributed by atoms with Crippen molar-refractivity contribution in [2.24, 2.45) is 4.99 Å². The van der Waals surface area contributed by atoms with E-state index in [1.54, 1.807) is 13.2 Å². The normalized spacial score (nSPS) is 11.9. The van der Waals surface area contributed by atoms with E-state index in [4.69, 9.17) is 4.42 Å². The average molecular weight is 492 g/mol. The molecule has 0 saturated carbocycles. The molecule has 28 heavy (non-hydrogen) atoms. The zero-order chi connectivity index (χ0) is 19.3. The lowest BCUT2D eigenvalue weighted by Gasteiger charge is -2.13. The van der Waals surface area contributed by atoms with Crippen LogP contribution < -0.4 is 10.6 Å². The van der Waals surface area contributed by atoms with Crippen LogP contribution in [-0.4, -0.2) is 24.5 Å². The number of aliphatic imine (C=N–C) groups is 1. The predicted molar refractivity (Wildman–Crippen MR) is 126 cm³/mol. The summed E-state index contributed by atoms with van der Waals surface area (Å²) in [6, 6.07) is 15.0. The van der Waals surface area contributed by atoms with Crippen molar-refractivity contribution in [2.45, 2.75) is 39.2 Å². The lowest BCUT2D eigenvalue weighted by molar-refractivity contribution is 0.379. The second-order valence-corrected chi connectivity index (χ2v) is 7.65. The number of halogens is 1. The molecule has 0 bridgehead atoms. The molecule has 0 amide bonds. The van der Waals surface area contributed by atoms with E-state index in [-0.39, 0.29) is 29.4 Å². The number of aromatic nitrogens is 1. The van der Waals surface area contributed by atoms with Gasteiger partial charge in [-0.05, 0) is 22.8 Å². The summed E-state index contributed by atoms with van der Waals surface area (Å²) in [5.41, 5.74) is 1.27. The molecule has 2 N–H and O–H groups in total. The van der Waals surface area contributed by atoms with Crippen LogP contribution in [0.4, 0.5) is 0 Å². The summed E-state index contributed by atoms with van der Waals surface area (Å²) in [5.74, 6) is 2.29. The van der Waals surface area contributed by atoms with E-state index in [1.165, 1.54) is 16.3 Å². The van der Waals surface area contributed by atoms with Gasteiger partial charge >= 0.3 is 0 Å². The van der Waals surface area contributed by atoms with Gasteiger partial charge in [0.25, 0.3) is 0 Å². The summed E-state index contributed by atoms with van der Waals surface area (Å²) in [5, 5.41) is 9.14. The summed E-state index contributed by atoms with van der Waals surface area (Å²) in [4.78, 5) is 8.60. The molecule has 3 rings (SSSR count). The van der Waals surface area contributed by atoms with Crippen LogP contribution in [0.5, 0.6) is 0 Å². The molecule has 1 heterocycles. The Labute approximate surface area is 184 Å². The molecule has 0 aliphatic heterocycles. The molecule has 6 heteroatoms. The summed E-state index contributed by atoms with van der Waals surface area (Å²) in [6.45, 7) is 7.64. The number of fused-ring (bicyclic) bond motifs is 1. The molecule has 5 nitrogen and oxygen atoms in total. The highest BCUT2D eigenvalue weighted by molar-refractivity contribution is 14.0. The lowest BCUT2D eigenvalue weighted by atomic mass is 9.94. The zero-order valence-electron chi connectivity index (χ0n) is 17.0. The SMILES string of the molecule is CN=C(NCCc1ccc2ccccc2c1)NCc1ncc(C(C)(C)C)o1.I. The Kier molecular flexibility index (Phi) is 7.86. The highest BCUT2D eigenvalue weighted by Crippen LogP contribution is 2.22. The summed E-state index contributed by atoms with van der Waals surface area (Å²) < 4.78 is 5.80. The Morgan fingerprint density at radius 3 is 2.50 bits per heavy atom. The van der Waals surface area contributed by atoms with E-state index < -0.39 is 0 Å². The van der Waals surface area contributed by atoms with Gasteiger partial charge in [-0.2, -0.15) is 0 Å². The van der Waals surface area contributed by atoms with Crippen LogP contribution in [0.15, 0.2) is 58.1 Å². The third kappa shape index (κ3) is 5.95. The summed E-state index contributed by atoms with van der Waals surface area (Å²) in [6.07, 6.45) is 2.73. The van der Waals surface area contributed by atoms with E-state index in [0.717, 1.165) is 24.7 Å². The predicted octanol–water partition coefficient (Wildman–Crippen LogP) is 4.65. The van der Waals surface area contributed by atoms with Gasteiger partial charge < -0.3 is 15.1 Å². The van der Waals surface area contributed by atoms with Gasteiger partial charge in [0.15, 0.2) is 5.96 Å². The number of hydrogen-bond acceptors (Lipinski definition) is 3. The van der Waals surface area contributed by atoms with Crippen molar-refractivity contribution in [1.29, 1.82) is 0 Å². The second-order valence-electron chi connectivity index (χ2n) is 7.65. The van der Waals surface area contributed by atoms with Crippen LogP contribution in [0, 0.1) is 0 Å². The quantitative estimate of drug-likeness (QED) is 0.309. The Hall–Kier alpha value is -2.09. The molecule has 3 aromatic rings. The molecule has 0 radical (unpaired) electrons. The highest BCUT2D eigenvalue weighted by atomic mass is 127. The van der Waals surface area contributed by atoms with Gasteiger partial charge in [0.1, 0.15) is 5.76 Å². The first-order chi connectivity index (χ1) is 13.0. The van der Waals surface area contributed by atoms with Gasteiger partial charge in [-0.15, -0.1) is 24.0 Å². The minimum Gasteiger partial charge on any atom is -0.443 e.